The average molecular weight is 300 g/mol. The van der Waals surface area contributed by atoms with E-state index in [4.69, 9.17) is 4.74 Å². The second-order valence-electron chi connectivity index (χ2n) is 5.73. The SMILES string of the molecule is Cc1nn(-c2ccccc2)nc1C(=O)N1C[C@H](C)O[C@@H](C)C1. The largest absolute Gasteiger partial charge is 0.372 e. The van der Waals surface area contributed by atoms with Gasteiger partial charge in [-0.15, -0.1) is 5.10 Å². The van der Waals surface area contributed by atoms with E-state index in [0.717, 1.165) is 5.69 Å². The molecule has 2 heterocycles. The maximum Gasteiger partial charge on any atom is 0.276 e. The number of aryl methyl sites for hydroxylation is 1. The minimum atomic E-state index is -0.0818. The van der Waals surface area contributed by atoms with E-state index in [2.05, 4.69) is 10.2 Å². The van der Waals surface area contributed by atoms with Gasteiger partial charge in [0.1, 0.15) is 0 Å². The summed E-state index contributed by atoms with van der Waals surface area (Å²) in [6.45, 7) is 6.93. The van der Waals surface area contributed by atoms with E-state index < -0.39 is 0 Å². The van der Waals surface area contributed by atoms with Crippen molar-refractivity contribution >= 4 is 5.91 Å². The van der Waals surface area contributed by atoms with Crippen molar-refractivity contribution in [1.82, 2.24) is 19.9 Å². The smallest absolute Gasteiger partial charge is 0.276 e. The van der Waals surface area contributed by atoms with Crippen molar-refractivity contribution in [2.45, 2.75) is 33.0 Å². The Bertz CT molecular complexity index is 658. The van der Waals surface area contributed by atoms with E-state index in [1.165, 1.54) is 4.80 Å². The van der Waals surface area contributed by atoms with Gasteiger partial charge in [0.25, 0.3) is 5.91 Å². The second-order valence-corrected chi connectivity index (χ2v) is 5.73. The summed E-state index contributed by atoms with van der Waals surface area (Å²) in [6, 6.07) is 9.59. The third-order valence-corrected chi connectivity index (χ3v) is 3.68. The zero-order valence-electron chi connectivity index (χ0n) is 13.1. The summed E-state index contributed by atoms with van der Waals surface area (Å²) in [5.41, 5.74) is 1.89. The van der Waals surface area contributed by atoms with Crippen LogP contribution >= 0.6 is 0 Å². The summed E-state index contributed by atoms with van der Waals surface area (Å²) in [4.78, 5) is 16.0. The van der Waals surface area contributed by atoms with Gasteiger partial charge in [-0.3, -0.25) is 4.79 Å². The van der Waals surface area contributed by atoms with E-state index in [9.17, 15) is 4.79 Å². The first-order valence-electron chi connectivity index (χ1n) is 7.48. The molecule has 1 aromatic carbocycles. The van der Waals surface area contributed by atoms with Crippen molar-refractivity contribution in [2.24, 2.45) is 0 Å². The molecule has 1 saturated heterocycles. The molecule has 1 aliphatic rings. The summed E-state index contributed by atoms with van der Waals surface area (Å²) in [5.74, 6) is -0.0818. The number of carbonyl (C=O) groups excluding carboxylic acids is 1. The number of hydrogen-bond donors (Lipinski definition) is 0. The van der Waals surface area contributed by atoms with E-state index in [-0.39, 0.29) is 18.1 Å². The van der Waals surface area contributed by atoms with E-state index in [0.29, 0.717) is 24.5 Å². The minimum absolute atomic E-state index is 0.0391. The van der Waals surface area contributed by atoms with Crippen molar-refractivity contribution in [3.8, 4) is 5.69 Å². The highest BCUT2D eigenvalue weighted by atomic mass is 16.5. The molecule has 0 spiro atoms. The molecule has 2 atom stereocenters. The van der Waals surface area contributed by atoms with Gasteiger partial charge < -0.3 is 9.64 Å². The molecule has 1 fully saturated rings. The van der Waals surface area contributed by atoms with Crippen LogP contribution in [0.5, 0.6) is 0 Å². The van der Waals surface area contributed by atoms with E-state index in [1.807, 2.05) is 51.1 Å². The van der Waals surface area contributed by atoms with Gasteiger partial charge in [-0.25, -0.2) is 0 Å². The van der Waals surface area contributed by atoms with Gasteiger partial charge in [-0.05, 0) is 32.9 Å². The van der Waals surface area contributed by atoms with Gasteiger partial charge in [0.2, 0.25) is 0 Å². The average Bonchev–Trinajstić information content (AvgIpc) is 2.88. The van der Waals surface area contributed by atoms with Gasteiger partial charge in [-0.1, -0.05) is 18.2 Å². The number of carbonyl (C=O) groups is 1. The maximum atomic E-state index is 12.7. The number of hydrogen-bond acceptors (Lipinski definition) is 4. The van der Waals surface area contributed by atoms with Crippen molar-refractivity contribution in [3.63, 3.8) is 0 Å². The van der Waals surface area contributed by atoms with Crippen LogP contribution in [0.4, 0.5) is 0 Å². The van der Waals surface area contributed by atoms with Crippen LogP contribution in [0.25, 0.3) is 5.69 Å². The zero-order valence-corrected chi connectivity index (χ0v) is 13.1. The Kier molecular flexibility index (Phi) is 3.94. The summed E-state index contributed by atoms with van der Waals surface area (Å²) in [7, 11) is 0. The van der Waals surface area contributed by atoms with E-state index in [1.54, 1.807) is 4.90 Å². The summed E-state index contributed by atoms with van der Waals surface area (Å²) >= 11 is 0. The highest BCUT2D eigenvalue weighted by Crippen LogP contribution is 2.15. The molecule has 0 radical (unpaired) electrons. The first-order chi connectivity index (χ1) is 10.5. The molecule has 1 aliphatic heterocycles. The van der Waals surface area contributed by atoms with Crippen molar-refractivity contribution in [2.75, 3.05) is 13.1 Å². The fraction of sp³-hybridized carbons (Fsp3) is 0.438. The van der Waals surface area contributed by atoms with Crippen LogP contribution < -0.4 is 0 Å². The zero-order chi connectivity index (χ0) is 15.7. The maximum absolute atomic E-state index is 12.7. The number of aromatic nitrogens is 3. The third kappa shape index (κ3) is 2.87. The van der Waals surface area contributed by atoms with Crippen LogP contribution in [0, 0.1) is 6.92 Å². The van der Waals surface area contributed by atoms with Crippen molar-refractivity contribution < 1.29 is 9.53 Å². The van der Waals surface area contributed by atoms with Gasteiger partial charge >= 0.3 is 0 Å². The predicted molar refractivity (Wildman–Crippen MR) is 82.0 cm³/mol. The van der Waals surface area contributed by atoms with Gasteiger partial charge in [0, 0.05) is 13.1 Å². The molecule has 6 heteroatoms. The molecule has 0 unspecified atom stereocenters. The van der Waals surface area contributed by atoms with Crippen LogP contribution in [-0.2, 0) is 4.74 Å². The number of rotatable bonds is 2. The normalized spacial score (nSPS) is 21.9. The number of nitrogens with zero attached hydrogens (tertiary/aromatic N) is 4. The molecular formula is C16H20N4O2. The molecule has 0 N–H and O–H groups in total. The second kappa shape index (κ2) is 5.88. The Hall–Kier alpha value is -2.21. The topological polar surface area (TPSA) is 60.2 Å². The summed E-state index contributed by atoms with van der Waals surface area (Å²) in [6.07, 6.45) is 0.0781. The summed E-state index contributed by atoms with van der Waals surface area (Å²) < 4.78 is 5.67. The molecule has 22 heavy (non-hydrogen) atoms. The molecule has 1 amide bonds. The predicted octanol–water partition coefficient (Wildman–Crippen LogP) is 1.83. The Morgan fingerprint density at radius 2 is 1.77 bits per heavy atom. The lowest BCUT2D eigenvalue weighted by Crippen LogP contribution is -2.48. The fourth-order valence-corrected chi connectivity index (χ4v) is 2.75. The quantitative estimate of drug-likeness (QED) is 0.849. The van der Waals surface area contributed by atoms with Crippen molar-refractivity contribution in [3.05, 3.63) is 41.7 Å². The van der Waals surface area contributed by atoms with E-state index >= 15 is 0 Å². The Morgan fingerprint density at radius 1 is 1.14 bits per heavy atom. The number of para-hydroxylation sites is 1. The molecule has 1 aromatic heterocycles. The number of amides is 1. The molecule has 0 aliphatic carbocycles. The molecule has 6 nitrogen and oxygen atoms in total. The number of morpholine rings is 1. The van der Waals surface area contributed by atoms with Crippen molar-refractivity contribution in [1.29, 1.82) is 0 Å². The third-order valence-electron chi connectivity index (χ3n) is 3.68. The standard InChI is InChI=1S/C16H20N4O2/c1-11-9-19(10-12(2)22-11)16(21)15-13(3)17-20(18-15)14-7-5-4-6-8-14/h4-8,11-12H,9-10H2,1-3H3/t11-,12-/m0/s1. The van der Waals surface area contributed by atoms with Crippen LogP contribution in [0.2, 0.25) is 0 Å². The van der Waals surface area contributed by atoms with Crippen LogP contribution in [0.3, 0.4) is 0 Å². The lowest BCUT2D eigenvalue weighted by Gasteiger charge is -2.34. The van der Waals surface area contributed by atoms with Crippen LogP contribution in [0.1, 0.15) is 30.0 Å². The highest BCUT2D eigenvalue weighted by Gasteiger charge is 2.29. The lowest BCUT2D eigenvalue weighted by molar-refractivity contribution is -0.0587. The molecule has 0 saturated carbocycles. The first-order valence-corrected chi connectivity index (χ1v) is 7.48. The highest BCUT2D eigenvalue weighted by molar-refractivity contribution is 5.93. The van der Waals surface area contributed by atoms with Crippen LogP contribution in [-0.4, -0.2) is 51.1 Å². The number of ether oxygens (including phenoxy) is 1. The van der Waals surface area contributed by atoms with Gasteiger partial charge in [0.15, 0.2) is 5.69 Å². The fourth-order valence-electron chi connectivity index (χ4n) is 2.75. The first kappa shape index (κ1) is 14.7. The Morgan fingerprint density at radius 3 is 2.41 bits per heavy atom. The Labute approximate surface area is 129 Å². The van der Waals surface area contributed by atoms with Gasteiger partial charge in [0.05, 0.1) is 23.6 Å². The lowest BCUT2D eigenvalue weighted by atomic mass is 10.2. The van der Waals surface area contributed by atoms with Crippen LogP contribution in [0.15, 0.2) is 30.3 Å². The molecule has 3 rings (SSSR count). The minimum Gasteiger partial charge on any atom is -0.372 e. The van der Waals surface area contributed by atoms with Gasteiger partial charge in [-0.2, -0.15) is 9.90 Å². The summed E-state index contributed by atoms with van der Waals surface area (Å²) in [5, 5.41) is 8.74. The molecular weight excluding hydrogens is 280 g/mol. The number of benzene rings is 1. The molecule has 2 aromatic rings. The monoisotopic (exact) mass is 300 g/mol. The molecule has 0 bridgehead atoms. The molecule has 116 valence electrons. The Balaban J connectivity index is 1.86.